The van der Waals surface area contributed by atoms with Crippen molar-refractivity contribution in [2.45, 2.75) is 12.9 Å². The molecule has 0 unspecified atom stereocenters. The monoisotopic (exact) mass is 166 g/mol. The maximum atomic E-state index is 11.8. The Labute approximate surface area is 59.6 Å². The van der Waals surface area contributed by atoms with Gasteiger partial charge < -0.3 is 0 Å². The first-order valence-electron chi connectivity index (χ1n) is 2.59. The lowest BCUT2D eigenvalue weighted by molar-refractivity contribution is 0.160. The van der Waals surface area contributed by atoms with Gasteiger partial charge in [-0.25, -0.2) is 27.9 Å². The molecule has 60 valence electrons. The van der Waals surface area contributed by atoms with Crippen molar-refractivity contribution in [1.29, 1.82) is 0 Å². The van der Waals surface area contributed by atoms with Crippen LogP contribution in [0.4, 0.5) is 17.6 Å². The van der Waals surface area contributed by atoms with Crippen molar-refractivity contribution >= 4 is 6.34 Å². The molecule has 1 aliphatic rings. The number of allylic oxidation sites excluding steroid dienone is 2. The van der Waals surface area contributed by atoms with Crippen LogP contribution in [0.3, 0.4) is 0 Å². The number of alkyl halides is 4. The van der Waals surface area contributed by atoms with Crippen molar-refractivity contribution in [3.05, 3.63) is 11.4 Å². The van der Waals surface area contributed by atoms with Gasteiger partial charge in [0.1, 0.15) is 11.4 Å². The van der Waals surface area contributed by atoms with Crippen LogP contribution in [0.1, 0.15) is 0 Å². The number of halogens is 4. The SMILES string of the molecule is FC(F)C1=C(C(F)F)N=[C][N]1. The van der Waals surface area contributed by atoms with Gasteiger partial charge in [0.25, 0.3) is 12.9 Å². The lowest BCUT2D eigenvalue weighted by atomic mass is 10.3. The van der Waals surface area contributed by atoms with Crippen molar-refractivity contribution < 1.29 is 17.6 Å². The summed E-state index contributed by atoms with van der Waals surface area (Å²) in [7, 11) is 0. The third kappa shape index (κ3) is 1.50. The highest BCUT2D eigenvalue weighted by Crippen LogP contribution is 2.21. The molecule has 0 bridgehead atoms. The van der Waals surface area contributed by atoms with E-state index in [1.807, 2.05) is 0 Å². The maximum absolute atomic E-state index is 11.8. The molecular formula is C5H2F4N2. The molecule has 0 saturated heterocycles. The lowest BCUT2D eigenvalue weighted by Gasteiger charge is -2.00. The topological polar surface area (TPSA) is 26.5 Å². The molecule has 1 heterocycles. The molecule has 0 N–H and O–H groups in total. The van der Waals surface area contributed by atoms with Gasteiger partial charge in [-0.05, 0) is 0 Å². The van der Waals surface area contributed by atoms with Crippen LogP contribution in [0.25, 0.3) is 0 Å². The van der Waals surface area contributed by atoms with Crippen LogP contribution in [0.2, 0.25) is 0 Å². The fourth-order valence-electron chi connectivity index (χ4n) is 0.568. The predicted molar refractivity (Wildman–Crippen MR) is 28.6 cm³/mol. The van der Waals surface area contributed by atoms with E-state index in [9.17, 15) is 17.6 Å². The van der Waals surface area contributed by atoms with E-state index in [4.69, 9.17) is 0 Å². The molecule has 0 aromatic heterocycles. The standard InChI is InChI=1S/C5H2F4N2/c6-4(7)2-3(5(8)9)11-1-10-2/h4-5H. The van der Waals surface area contributed by atoms with Gasteiger partial charge in [-0.1, -0.05) is 0 Å². The Morgan fingerprint density at radius 3 is 1.91 bits per heavy atom. The van der Waals surface area contributed by atoms with Crippen LogP contribution in [0.15, 0.2) is 16.4 Å². The second-order valence-corrected chi connectivity index (χ2v) is 1.70. The molecule has 6 heteroatoms. The minimum atomic E-state index is -3.02. The minimum Gasteiger partial charge on any atom is -0.222 e. The zero-order valence-corrected chi connectivity index (χ0v) is 5.06. The number of hydrogen-bond acceptors (Lipinski definition) is 1. The highest BCUT2D eigenvalue weighted by molar-refractivity contribution is 5.63. The summed E-state index contributed by atoms with van der Waals surface area (Å²) in [5.74, 6) is 0. The molecule has 0 fully saturated rings. The van der Waals surface area contributed by atoms with Gasteiger partial charge in [-0.3, -0.25) is 0 Å². The predicted octanol–water partition coefficient (Wildman–Crippen LogP) is 1.25. The zero-order valence-electron chi connectivity index (χ0n) is 5.06. The Morgan fingerprint density at radius 1 is 1.00 bits per heavy atom. The van der Waals surface area contributed by atoms with Gasteiger partial charge in [0.15, 0.2) is 6.34 Å². The summed E-state index contributed by atoms with van der Waals surface area (Å²) in [4.78, 5) is 2.87. The van der Waals surface area contributed by atoms with Crippen LogP contribution >= 0.6 is 0 Å². The van der Waals surface area contributed by atoms with E-state index in [1.54, 1.807) is 6.34 Å². The second-order valence-electron chi connectivity index (χ2n) is 1.70. The molecule has 1 rings (SSSR count). The van der Waals surface area contributed by atoms with E-state index in [0.29, 0.717) is 0 Å². The number of hydrogen-bond donors (Lipinski definition) is 0. The Kier molecular flexibility index (Phi) is 2.11. The Bertz CT molecular complexity index is 209. The van der Waals surface area contributed by atoms with E-state index < -0.39 is 24.2 Å². The molecule has 0 atom stereocenters. The van der Waals surface area contributed by atoms with Crippen molar-refractivity contribution in [3.63, 3.8) is 0 Å². The van der Waals surface area contributed by atoms with Crippen LogP contribution < -0.4 is 5.32 Å². The second kappa shape index (κ2) is 2.89. The highest BCUT2D eigenvalue weighted by Gasteiger charge is 2.27. The first-order chi connectivity index (χ1) is 5.13. The van der Waals surface area contributed by atoms with E-state index in [2.05, 4.69) is 10.3 Å². The van der Waals surface area contributed by atoms with E-state index in [-0.39, 0.29) is 0 Å². The number of nitrogens with zero attached hydrogens (tertiary/aromatic N) is 2. The summed E-state index contributed by atoms with van der Waals surface area (Å²) < 4.78 is 47.1. The quantitative estimate of drug-likeness (QED) is 0.552. The third-order valence-corrected chi connectivity index (χ3v) is 1.02. The summed E-state index contributed by atoms with van der Waals surface area (Å²) >= 11 is 0. The summed E-state index contributed by atoms with van der Waals surface area (Å²) in [6.45, 7) is 0. The van der Waals surface area contributed by atoms with Crippen LogP contribution in [-0.4, -0.2) is 19.2 Å². The van der Waals surface area contributed by atoms with Crippen LogP contribution in [0, 0.1) is 0 Å². The largest absolute Gasteiger partial charge is 0.282 e. The molecule has 0 aromatic carbocycles. The average molecular weight is 166 g/mol. The fraction of sp³-hybridized carbons (Fsp3) is 0.400. The molecular weight excluding hydrogens is 164 g/mol. The molecule has 0 spiro atoms. The zero-order chi connectivity index (χ0) is 8.43. The first kappa shape index (κ1) is 8.03. The molecule has 2 nitrogen and oxygen atoms in total. The number of aliphatic imine (C=N–C) groups is 1. The molecule has 0 aliphatic carbocycles. The van der Waals surface area contributed by atoms with Crippen molar-refractivity contribution in [1.82, 2.24) is 5.32 Å². The van der Waals surface area contributed by atoms with Crippen LogP contribution in [-0.2, 0) is 0 Å². The van der Waals surface area contributed by atoms with Gasteiger partial charge in [0.05, 0.1) is 0 Å². The molecule has 0 amide bonds. The maximum Gasteiger partial charge on any atom is 0.282 e. The normalized spacial score (nSPS) is 16.9. The van der Waals surface area contributed by atoms with Gasteiger partial charge in [-0.15, -0.1) is 0 Å². The summed E-state index contributed by atoms with van der Waals surface area (Å²) in [6.07, 6.45) is -4.33. The first-order valence-corrected chi connectivity index (χ1v) is 2.59. The van der Waals surface area contributed by atoms with Gasteiger partial charge in [0, 0.05) is 0 Å². The van der Waals surface area contributed by atoms with Crippen molar-refractivity contribution in [3.8, 4) is 0 Å². The molecule has 1 aliphatic heterocycles. The molecule has 11 heavy (non-hydrogen) atoms. The Balaban J connectivity index is 2.84. The van der Waals surface area contributed by atoms with Crippen LogP contribution in [0.5, 0.6) is 0 Å². The Hall–Kier alpha value is -1.07. The molecule has 0 aromatic rings. The van der Waals surface area contributed by atoms with E-state index >= 15 is 0 Å². The fourth-order valence-corrected chi connectivity index (χ4v) is 0.568. The summed E-state index contributed by atoms with van der Waals surface area (Å²) in [5, 5.41) is 2.87. The Morgan fingerprint density at radius 2 is 1.55 bits per heavy atom. The van der Waals surface area contributed by atoms with E-state index in [1.165, 1.54) is 0 Å². The van der Waals surface area contributed by atoms with E-state index in [0.717, 1.165) is 0 Å². The third-order valence-electron chi connectivity index (χ3n) is 1.02. The summed E-state index contributed by atoms with van der Waals surface area (Å²) in [5.41, 5.74) is -1.97. The number of rotatable bonds is 2. The highest BCUT2D eigenvalue weighted by atomic mass is 19.3. The minimum absolute atomic E-state index is 0.986. The van der Waals surface area contributed by atoms with Crippen molar-refractivity contribution in [2.75, 3.05) is 0 Å². The molecule has 0 saturated carbocycles. The van der Waals surface area contributed by atoms with Crippen molar-refractivity contribution in [2.24, 2.45) is 4.99 Å². The van der Waals surface area contributed by atoms with Gasteiger partial charge >= 0.3 is 0 Å². The molecule has 2 radical (unpaired) electrons. The summed E-state index contributed by atoms with van der Waals surface area (Å²) in [6, 6.07) is 0. The van der Waals surface area contributed by atoms with Gasteiger partial charge in [-0.2, -0.15) is 0 Å². The van der Waals surface area contributed by atoms with Gasteiger partial charge in [0.2, 0.25) is 0 Å². The average Bonchev–Trinajstić information content (AvgIpc) is 2.32. The lowest BCUT2D eigenvalue weighted by Crippen LogP contribution is -2.09. The smallest absolute Gasteiger partial charge is 0.222 e.